The lowest BCUT2D eigenvalue weighted by Crippen LogP contribution is -2.67. The molecule has 0 aromatic rings. The highest BCUT2D eigenvalue weighted by Crippen LogP contribution is 2.74. The summed E-state index contributed by atoms with van der Waals surface area (Å²) in [7, 11) is 0. The summed E-state index contributed by atoms with van der Waals surface area (Å²) in [6.07, 6.45) is 9.25. The zero-order chi connectivity index (χ0) is 25.8. The standard InChI is InChI=1S/C30H46O5/c1-25(2)11-13-30(24(34)35)14-12-28(5)18(19(30)15-25)7-8-22-26(3)16-20(32)23(33)27(4,17-31)21(26)9-10-29(22,28)6/h7-8,20-23,31-33H,9-17H2,1-6H3,(H,34,35)/t20-,21?,22-,23-,26+,27?,28-,29-,30+/m1/s1. The highest BCUT2D eigenvalue weighted by atomic mass is 16.4. The van der Waals surface area contributed by atoms with E-state index in [1.807, 2.05) is 6.92 Å². The van der Waals surface area contributed by atoms with Gasteiger partial charge in [-0.15, -0.1) is 0 Å². The molecule has 5 nitrogen and oxygen atoms in total. The van der Waals surface area contributed by atoms with Gasteiger partial charge in [0.1, 0.15) is 0 Å². The number of aliphatic hydroxyl groups is 3. The summed E-state index contributed by atoms with van der Waals surface area (Å²) in [4.78, 5) is 12.7. The number of rotatable bonds is 2. The molecule has 0 amide bonds. The number of carboxylic acids is 1. The zero-order valence-electron chi connectivity index (χ0n) is 22.5. The van der Waals surface area contributed by atoms with Crippen molar-refractivity contribution >= 4 is 5.97 Å². The maximum absolute atomic E-state index is 12.7. The molecular formula is C30H46O5. The van der Waals surface area contributed by atoms with Gasteiger partial charge in [-0.25, -0.2) is 0 Å². The lowest BCUT2D eigenvalue weighted by atomic mass is 9.35. The number of carboxylic acid groups (broad SMARTS) is 1. The van der Waals surface area contributed by atoms with E-state index in [9.17, 15) is 25.2 Å². The molecule has 9 atom stereocenters. The number of carbonyl (C=O) groups is 1. The van der Waals surface area contributed by atoms with Gasteiger partial charge in [-0.1, -0.05) is 53.7 Å². The maximum atomic E-state index is 12.7. The van der Waals surface area contributed by atoms with Crippen molar-refractivity contribution in [3.05, 3.63) is 23.3 Å². The molecule has 5 aliphatic rings. The fraction of sp³-hybridized carbons (Fsp3) is 0.833. The Morgan fingerprint density at radius 2 is 1.66 bits per heavy atom. The molecule has 3 fully saturated rings. The Balaban J connectivity index is 1.68. The first-order chi connectivity index (χ1) is 16.1. The predicted molar refractivity (Wildman–Crippen MR) is 135 cm³/mol. The molecule has 0 heterocycles. The van der Waals surface area contributed by atoms with Gasteiger partial charge in [0, 0.05) is 5.41 Å². The summed E-state index contributed by atoms with van der Waals surface area (Å²) in [5, 5.41) is 42.7. The SMILES string of the molecule is CC1(C)CC[C@]2(C(=O)O)CC[C@]3(C)C(=C2C1)C=C[C@@H]1[C@@]2(C)C[C@@H](O)[C@@H](O)C(C)(CO)C2CC[C@]13C. The summed E-state index contributed by atoms with van der Waals surface area (Å²) in [5.41, 5.74) is 0.573. The summed E-state index contributed by atoms with van der Waals surface area (Å²) >= 11 is 0. The number of aliphatic hydroxyl groups excluding tert-OH is 3. The van der Waals surface area contributed by atoms with Crippen LogP contribution in [0, 0.1) is 44.3 Å². The fourth-order valence-electron chi connectivity index (χ4n) is 10.1. The normalized spacial score (nSPS) is 52.7. The van der Waals surface area contributed by atoms with Crippen LogP contribution < -0.4 is 0 Å². The summed E-state index contributed by atoms with van der Waals surface area (Å²) in [6, 6.07) is 0. The van der Waals surface area contributed by atoms with Crippen molar-refractivity contribution < 1.29 is 25.2 Å². The molecule has 5 aliphatic carbocycles. The lowest BCUT2D eigenvalue weighted by molar-refractivity contribution is -0.231. The van der Waals surface area contributed by atoms with Crippen molar-refractivity contribution in [3.8, 4) is 0 Å². The Morgan fingerprint density at radius 3 is 2.29 bits per heavy atom. The average Bonchev–Trinajstić information content (AvgIpc) is 2.77. The Hall–Kier alpha value is -1.17. The maximum Gasteiger partial charge on any atom is 0.313 e. The van der Waals surface area contributed by atoms with Gasteiger partial charge in [0.05, 0.1) is 24.2 Å². The van der Waals surface area contributed by atoms with Crippen molar-refractivity contribution in [3.63, 3.8) is 0 Å². The van der Waals surface area contributed by atoms with E-state index in [1.165, 1.54) is 5.57 Å². The summed E-state index contributed by atoms with van der Waals surface area (Å²) in [5.74, 6) is -0.365. The minimum absolute atomic E-state index is 0.0834. The van der Waals surface area contributed by atoms with Crippen LogP contribution in [0.2, 0.25) is 0 Å². The highest BCUT2D eigenvalue weighted by Gasteiger charge is 2.69. The fourth-order valence-corrected chi connectivity index (χ4v) is 10.1. The second kappa shape index (κ2) is 7.45. The van der Waals surface area contributed by atoms with E-state index < -0.39 is 29.0 Å². The molecule has 5 heteroatoms. The van der Waals surface area contributed by atoms with Crippen LogP contribution in [0.25, 0.3) is 0 Å². The van der Waals surface area contributed by atoms with Gasteiger partial charge in [0.2, 0.25) is 0 Å². The zero-order valence-corrected chi connectivity index (χ0v) is 22.5. The number of hydrogen-bond donors (Lipinski definition) is 4. The second-order valence-corrected chi connectivity index (χ2v) is 14.7. The molecule has 0 spiro atoms. The molecule has 0 aliphatic heterocycles. The third kappa shape index (κ3) is 3.01. The van der Waals surface area contributed by atoms with E-state index in [-0.39, 0.29) is 40.1 Å². The van der Waals surface area contributed by atoms with Crippen LogP contribution in [0.15, 0.2) is 23.3 Å². The van der Waals surface area contributed by atoms with Gasteiger partial charge in [-0.3, -0.25) is 4.79 Å². The quantitative estimate of drug-likeness (QED) is 0.435. The number of allylic oxidation sites excluding steroid dienone is 3. The van der Waals surface area contributed by atoms with Gasteiger partial charge in [0.25, 0.3) is 0 Å². The minimum Gasteiger partial charge on any atom is -0.481 e. The summed E-state index contributed by atoms with van der Waals surface area (Å²) in [6.45, 7) is 13.4. The van der Waals surface area contributed by atoms with Crippen LogP contribution in [0.4, 0.5) is 0 Å². The number of hydrogen-bond acceptors (Lipinski definition) is 4. The first-order valence-electron chi connectivity index (χ1n) is 13.7. The van der Waals surface area contributed by atoms with E-state index in [1.54, 1.807) is 0 Å². The Kier molecular flexibility index (Phi) is 5.42. The largest absolute Gasteiger partial charge is 0.481 e. The van der Waals surface area contributed by atoms with E-state index >= 15 is 0 Å². The number of fused-ring (bicyclic) bond motifs is 6. The molecule has 2 unspecified atom stereocenters. The third-order valence-electron chi connectivity index (χ3n) is 12.5. The topological polar surface area (TPSA) is 98.0 Å². The molecule has 5 rings (SSSR count). The molecule has 0 saturated heterocycles. The Morgan fingerprint density at radius 1 is 1.00 bits per heavy atom. The van der Waals surface area contributed by atoms with E-state index in [0.717, 1.165) is 44.1 Å². The monoisotopic (exact) mass is 486 g/mol. The second-order valence-electron chi connectivity index (χ2n) is 14.7. The molecule has 196 valence electrons. The highest BCUT2D eigenvalue weighted by molar-refractivity contribution is 5.80. The smallest absolute Gasteiger partial charge is 0.313 e. The van der Waals surface area contributed by atoms with Crippen molar-refractivity contribution in [2.24, 2.45) is 44.3 Å². The van der Waals surface area contributed by atoms with Crippen LogP contribution in [0.5, 0.6) is 0 Å². The molecule has 35 heavy (non-hydrogen) atoms. The van der Waals surface area contributed by atoms with Crippen LogP contribution in [0.1, 0.15) is 92.9 Å². The van der Waals surface area contributed by atoms with Gasteiger partial charge >= 0.3 is 5.97 Å². The molecular weight excluding hydrogens is 440 g/mol. The molecule has 0 radical (unpaired) electrons. The average molecular weight is 487 g/mol. The Labute approximate surface area is 210 Å². The Bertz CT molecular complexity index is 997. The van der Waals surface area contributed by atoms with Gasteiger partial charge in [-0.2, -0.15) is 0 Å². The van der Waals surface area contributed by atoms with Crippen molar-refractivity contribution in [1.29, 1.82) is 0 Å². The van der Waals surface area contributed by atoms with Crippen LogP contribution in [-0.2, 0) is 4.79 Å². The van der Waals surface area contributed by atoms with E-state index in [4.69, 9.17) is 0 Å². The van der Waals surface area contributed by atoms with Gasteiger partial charge < -0.3 is 20.4 Å². The van der Waals surface area contributed by atoms with Crippen LogP contribution in [0.3, 0.4) is 0 Å². The molecule has 0 bridgehead atoms. The molecule has 4 N–H and O–H groups in total. The first-order valence-corrected chi connectivity index (χ1v) is 13.7. The van der Waals surface area contributed by atoms with Crippen LogP contribution >= 0.6 is 0 Å². The number of aliphatic carboxylic acids is 1. The summed E-state index contributed by atoms with van der Waals surface area (Å²) < 4.78 is 0. The predicted octanol–water partition coefficient (Wildman–Crippen LogP) is 5.10. The van der Waals surface area contributed by atoms with Crippen LogP contribution in [-0.4, -0.2) is 45.2 Å². The lowest BCUT2D eigenvalue weighted by Gasteiger charge is -2.69. The van der Waals surface area contributed by atoms with E-state index in [2.05, 4.69) is 46.8 Å². The molecule has 3 saturated carbocycles. The molecule has 0 aromatic heterocycles. The van der Waals surface area contributed by atoms with Gasteiger partial charge in [0.15, 0.2) is 0 Å². The first kappa shape index (κ1) is 25.5. The minimum atomic E-state index is -0.925. The van der Waals surface area contributed by atoms with Crippen molar-refractivity contribution in [2.75, 3.05) is 6.61 Å². The van der Waals surface area contributed by atoms with Crippen molar-refractivity contribution in [2.45, 2.75) is 105 Å². The third-order valence-corrected chi connectivity index (χ3v) is 12.5. The van der Waals surface area contributed by atoms with Gasteiger partial charge in [-0.05, 0) is 96.0 Å². The van der Waals surface area contributed by atoms with Crippen molar-refractivity contribution in [1.82, 2.24) is 0 Å². The molecule has 0 aromatic carbocycles. The van der Waals surface area contributed by atoms with E-state index in [0.29, 0.717) is 12.8 Å².